The fraction of sp³-hybridized carbons (Fsp3) is 0.231. The van der Waals surface area contributed by atoms with Crippen molar-refractivity contribution in [3.63, 3.8) is 0 Å². The van der Waals surface area contributed by atoms with Crippen LogP contribution >= 0.6 is 0 Å². The van der Waals surface area contributed by atoms with Crippen molar-refractivity contribution in [1.29, 1.82) is 0 Å². The van der Waals surface area contributed by atoms with Crippen LogP contribution in [-0.2, 0) is 19.1 Å². The third-order valence-electron chi connectivity index (χ3n) is 2.13. The van der Waals surface area contributed by atoms with Gasteiger partial charge >= 0.3 is 11.9 Å². The Labute approximate surface area is 114 Å². The lowest BCUT2D eigenvalue weighted by Crippen LogP contribution is -2.15. The van der Waals surface area contributed by atoms with Crippen LogP contribution in [0.15, 0.2) is 30.3 Å². The Morgan fingerprint density at radius 3 is 2.75 bits per heavy atom. The van der Waals surface area contributed by atoms with Gasteiger partial charge in [-0.3, -0.25) is 10.1 Å². The molecule has 0 amide bonds. The molecule has 0 atom stereocenters. The summed E-state index contributed by atoms with van der Waals surface area (Å²) in [5.41, 5.74) is 0.402. The fourth-order valence-electron chi connectivity index (χ4n) is 1.29. The van der Waals surface area contributed by atoms with Gasteiger partial charge in [0, 0.05) is 18.2 Å². The molecular weight excluding hydrogens is 266 g/mol. The van der Waals surface area contributed by atoms with Crippen LogP contribution in [0.3, 0.4) is 0 Å². The lowest BCUT2D eigenvalue weighted by molar-refractivity contribution is -0.384. The highest BCUT2D eigenvalue weighted by atomic mass is 16.6. The molecule has 0 unspecified atom stereocenters. The quantitative estimate of drug-likeness (QED) is 0.340. The van der Waals surface area contributed by atoms with Gasteiger partial charge in [-0.15, -0.1) is 0 Å². The van der Waals surface area contributed by atoms with Crippen molar-refractivity contribution in [1.82, 2.24) is 0 Å². The first-order valence-corrected chi connectivity index (χ1v) is 5.78. The van der Waals surface area contributed by atoms with Crippen molar-refractivity contribution in [2.24, 2.45) is 0 Å². The maximum Gasteiger partial charge on any atom is 0.344 e. The van der Waals surface area contributed by atoms with Crippen molar-refractivity contribution in [3.8, 4) is 0 Å². The molecule has 1 aromatic rings. The summed E-state index contributed by atoms with van der Waals surface area (Å²) in [6, 6.07) is 5.76. The molecule has 0 fully saturated rings. The number of benzene rings is 1. The zero-order chi connectivity index (χ0) is 15.0. The summed E-state index contributed by atoms with van der Waals surface area (Å²) in [4.78, 5) is 32.3. The van der Waals surface area contributed by atoms with Gasteiger partial charge in [-0.25, -0.2) is 9.59 Å². The van der Waals surface area contributed by atoms with Crippen LogP contribution < -0.4 is 0 Å². The number of nitro benzene ring substituents is 1. The highest BCUT2D eigenvalue weighted by Gasteiger charge is 2.06. The lowest BCUT2D eigenvalue weighted by Gasteiger charge is -2.01. The van der Waals surface area contributed by atoms with Gasteiger partial charge < -0.3 is 9.47 Å². The Morgan fingerprint density at radius 1 is 1.35 bits per heavy atom. The van der Waals surface area contributed by atoms with Crippen molar-refractivity contribution < 1.29 is 24.0 Å². The Bertz CT molecular complexity index is 537. The van der Waals surface area contributed by atoms with E-state index in [1.54, 1.807) is 13.0 Å². The standard InChI is InChI=1S/C13H13NO6/c1-2-19-13(16)9-20-12(15)7-6-10-4-3-5-11(8-10)14(17)18/h3-8H,2,9H2,1H3/b7-6-. The topological polar surface area (TPSA) is 95.7 Å². The molecule has 0 heterocycles. The van der Waals surface area contributed by atoms with E-state index < -0.39 is 23.5 Å². The van der Waals surface area contributed by atoms with Crippen molar-refractivity contribution >= 4 is 23.7 Å². The Hall–Kier alpha value is -2.70. The van der Waals surface area contributed by atoms with Gasteiger partial charge in [-0.2, -0.15) is 0 Å². The number of non-ortho nitro benzene ring substituents is 1. The second kappa shape index (κ2) is 7.67. The minimum atomic E-state index is -0.732. The molecular formula is C13H13NO6. The van der Waals surface area contributed by atoms with Crippen LogP contribution in [0.25, 0.3) is 6.08 Å². The van der Waals surface area contributed by atoms with Crippen LogP contribution in [0.2, 0.25) is 0 Å². The van der Waals surface area contributed by atoms with Gasteiger partial charge in [-0.05, 0) is 18.6 Å². The third kappa shape index (κ3) is 5.30. The summed E-state index contributed by atoms with van der Waals surface area (Å²) in [7, 11) is 0. The highest BCUT2D eigenvalue weighted by molar-refractivity contribution is 5.88. The van der Waals surface area contributed by atoms with Gasteiger partial charge in [0.2, 0.25) is 0 Å². The number of ether oxygens (including phenoxy) is 2. The predicted molar refractivity (Wildman–Crippen MR) is 69.7 cm³/mol. The minimum absolute atomic E-state index is 0.0768. The van der Waals surface area contributed by atoms with Gasteiger partial charge in [0.15, 0.2) is 6.61 Å². The summed E-state index contributed by atoms with van der Waals surface area (Å²) in [5, 5.41) is 10.6. The summed E-state index contributed by atoms with van der Waals surface area (Å²) < 4.78 is 9.20. The highest BCUT2D eigenvalue weighted by Crippen LogP contribution is 2.14. The molecule has 7 heteroatoms. The van der Waals surface area contributed by atoms with Gasteiger partial charge in [0.1, 0.15) is 0 Å². The number of esters is 2. The van der Waals surface area contributed by atoms with Crippen molar-refractivity contribution in [2.45, 2.75) is 6.92 Å². The van der Waals surface area contributed by atoms with E-state index in [1.807, 2.05) is 0 Å². The van der Waals surface area contributed by atoms with E-state index >= 15 is 0 Å². The molecule has 0 aliphatic heterocycles. The van der Waals surface area contributed by atoms with E-state index in [-0.39, 0.29) is 12.3 Å². The first-order chi connectivity index (χ1) is 9.52. The monoisotopic (exact) mass is 279 g/mol. The Kier molecular flexibility index (Phi) is 5.89. The van der Waals surface area contributed by atoms with Crippen LogP contribution in [0.4, 0.5) is 5.69 Å². The molecule has 0 bridgehead atoms. The third-order valence-corrected chi connectivity index (χ3v) is 2.13. The number of nitrogens with zero attached hydrogens (tertiary/aromatic N) is 1. The molecule has 106 valence electrons. The van der Waals surface area contributed by atoms with E-state index in [2.05, 4.69) is 9.47 Å². The van der Waals surface area contributed by atoms with Gasteiger partial charge in [0.25, 0.3) is 5.69 Å². The fourth-order valence-corrected chi connectivity index (χ4v) is 1.29. The number of hydrogen-bond acceptors (Lipinski definition) is 6. The maximum absolute atomic E-state index is 11.3. The largest absolute Gasteiger partial charge is 0.463 e. The number of nitro groups is 1. The molecule has 1 aromatic carbocycles. The Balaban J connectivity index is 2.55. The molecule has 0 N–H and O–H groups in total. The number of hydrogen-bond donors (Lipinski definition) is 0. The zero-order valence-electron chi connectivity index (χ0n) is 10.8. The maximum atomic E-state index is 11.3. The van der Waals surface area contributed by atoms with Crippen LogP contribution in [0, 0.1) is 10.1 Å². The van der Waals surface area contributed by atoms with E-state index in [0.29, 0.717) is 5.56 Å². The van der Waals surface area contributed by atoms with Crippen LogP contribution in [0.1, 0.15) is 12.5 Å². The normalized spacial score (nSPS) is 10.2. The van der Waals surface area contributed by atoms with Gasteiger partial charge in [0.05, 0.1) is 11.5 Å². The molecule has 0 aliphatic carbocycles. The average Bonchev–Trinajstić information content (AvgIpc) is 2.43. The SMILES string of the molecule is CCOC(=O)COC(=O)/C=C\c1cccc([N+](=O)[O-])c1. The smallest absolute Gasteiger partial charge is 0.344 e. The summed E-state index contributed by atoms with van der Waals surface area (Å²) in [6.07, 6.45) is 2.44. The molecule has 0 aromatic heterocycles. The van der Waals surface area contributed by atoms with E-state index in [1.165, 1.54) is 24.3 Å². The summed E-state index contributed by atoms with van der Waals surface area (Å²) in [5.74, 6) is -1.37. The minimum Gasteiger partial charge on any atom is -0.463 e. The van der Waals surface area contributed by atoms with E-state index in [9.17, 15) is 19.7 Å². The molecule has 0 radical (unpaired) electrons. The van der Waals surface area contributed by atoms with Gasteiger partial charge in [-0.1, -0.05) is 12.1 Å². The van der Waals surface area contributed by atoms with Crippen LogP contribution in [-0.4, -0.2) is 30.1 Å². The average molecular weight is 279 g/mol. The molecule has 20 heavy (non-hydrogen) atoms. The molecule has 0 aliphatic rings. The Morgan fingerprint density at radius 2 is 2.10 bits per heavy atom. The predicted octanol–water partition coefficient (Wildman–Crippen LogP) is 1.71. The number of carbonyl (C=O) groups is 2. The number of rotatable bonds is 6. The summed E-state index contributed by atoms with van der Waals surface area (Å²) >= 11 is 0. The van der Waals surface area contributed by atoms with Crippen molar-refractivity contribution in [2.75, 3.05) is 13.2 Å². The summed E-state index contributed by atoms with van der Waals surface area (Å²) in [6.45, 7) is 1.38. The number of carbonyl (C=O) groups excluding carboxylic acids is 2. The van der Waals surface area contributed by atoms with E-state index in [4.69, 9.17) is 0 Å². The second-order valence-electron chi connectivity index (χ2n) is 3.60. The first-order valence-electron chi connectivity index (χ1n) is 5.78. The molecule has 7 nitrogen and oxygen atoms in total. The molecule has 0 saturated heterocycles. The molecule has 0 saturated carbocycles. The van der Waals surface area contributed by atoms with Crippen molar-refractivity contribution in [3.05, 3.63) is 46.0 Å². The lowest BCUT2D eigenvalue weighted by atomic mass is 10.2. The molecule has 0 spiro atoms. The molecule has 1 rings (SSSR count). The van der Waals surface area contributed by atoms with E-state index in [0.717, 1.165) is 6.08 Å². The zero-order valence-corrected chi connectivity index (χ0v) is 10.8. The first kappa shape index (κ1) is 15.4. The second-order valence-corrected chi connectivity index (χ2v) is 3.60. The van der Waals surface area contributed by atoms with Crippen LogP contribution in [0.5, 0.6) is 0 Å².